The molecule has 0 aromatic rings. The van der Waals surface area contributed by atoms with Crippen molar-refractivity contribution in [1.82, 2.24) is 10.2 Å². The maximum atomic E-state index is 12.8. The van der Waals surface area contributed by atoms with Crippen molar-refractivity contribution >= 4 is 11.8 Å². The zero-order valence-corrected chi connectivity index (χ0v) is 14.5. The van der Waals surface area contributed by atoms with E-state index < -0.39 is 11.8 Å². The molecular formula is C17H30N2O3. The number of hydrogen-bond acceptors (Lipinski definition) is 3. The molecule has 1 saturated carbocycles. The topological polar surface area (TPSA) is 58.6 Å². The largest absolute Gasteiger partial charge is 0.353 e. The lowest BCUT2D eigenvalue weighted by Gasteiger charge is -2.43. The average molecular weight is 310 g/mol. The molecule has 5 heteroatoms. The predicted molar refractivity (Wildman–Crippen MR) is 85.1 cm³/mol. The first-order valence-electron chi connectivity index (χ1n) is 8.54. The first kappa shape index (κ1) is 17.3. The van der Waals surface area contributed by atoms with Crippen molar-refractivity contribution in [1.29, 1.82) is 0 Å². The lowest BCUT2D eigenvalue weighted by Crippen LogP contribution is -2.58. The van der Waals surface area contributed by atoms with E-state index in [0.29, 0.717) is 12.5 Å². The Kier molecular flexibility index (Phi) is 5.15. The van der Waals surface area contributed by atoms with Gasteiger partial charge in [-0.15, -0.1) is 0 Å². The van der Waals surface area contributed by atoms with Crippen molar-refractivity contribution < 1.29 is 14.3 Å². The maximum absolute atomic E-state index is 12.8. The summed E-state index contributed by atoms with van der Waals surface area (Å²) in [5, 5.41) is 2.93. The first-order chi connectivity index (χ1) is 10.3. The third kappa shape index (κ3) is 3.29. The van der Waals surface area contributed by atoms with Gasteiger partial charge in [-0.05, 0) is 45.4 Å². The van der Waals surface area contributed by atoms with Crippen molar-refractivity contribution in [2.75, 3.05) is 6.61 Å². The summed E-state index contributed by atoms with van der Waals surface area (Å²) in [6.07, 6.45) is 3.75. The van der Waals surface area contributed by atoms with Gasteiger partial charge in [-0.2, -0.15) is 0 Å². The van der Waals surface area contributed by atoms with Crippen LogP contribution < -0.4 is 5.32 Å². The number of ether oxygens (including phenoxy) is 1. The van der Waals surface area contributed by atoms with E-state index in [4.69, 9.17) is 4.74 Å². The molecule has 1 heterocycles. The summed E-state index contributed by atoms with van der Waals surface area (Å²) in [5.41, 5.74) is -0.563. The minimum atomic E-state index is -0.563. The molecule has 126 valence electrons. The second-order valence-electron chi connectivity index (χ2n) is 7.48. The number of nitrogens with one attached hydrogen (secondary N) is 1. The second-order valence-corrected chi connectivity index (χ2v) is 7.48. The highest BCUT2D eigenvalue weighted by Crippen LogP contribution is 2.42. The van der Waals surface area contributed by atoms with Gasteiger partial charge in [0.05, 0.1) is 6.61 Å². The van der Waals surface area contributed by atoms with E-state index in [9.17, 15) is 9.59 Å². The van der Waals surface area contributed by atoms with Gasteiger partial charge >= 0.3 is 0 Å². The van der Waals surface area contributed by atoms with Gasteiger partial charge in [-0.3, -0.25) is 14.5 Å². The summed E-state index contributed by atoms with van der Waals surface area (Å²) in [5.74, 6) is 0.455. The van der Waals surface area contributed by atoms with Crippen molar-refractivity contribution in [3.8, 4) is 0 Å². The van der Waals surface area contributed by atoms with Crippen LogP contribution >= 0.6 is 0 Å². The molecule has 2 aliphatic rings. The van der Waals surface area contributed by atoms with Gasteiger partial charge in [-0.1, -0.05) is 20.8 Å². The molecule has 0 aromatic carbocycles. The van der Waals surface area contributed by atoms with E-state index in [0.717, 1.165) is 25.7 Å². The Morgan fingerprint density at radius 3 is 2.27 bits per heavy atom. The van der Waals surface area contributed by atoms with E-state index >= 15 is 0 Å². The third-order valence-electron chi connectivity index (χ3n) is 4.78. The van der Waals surface area contributed by atoms with Gasteiger partial charge in [-0.25, -0.2) is 0 Å². The fraction of sp³-hybridized carbons (Fsp3) is 0.882. The Balaban J connectivity index is 2.25. The highest BCUT2D eigenvalue weighted by atomic mass is 16.5. The molecule has 2 fully saturated rings. The summed E-state index contributed by atoms with van der Waals surface area (Å²) < 4.78 is 6.07. The summed E-state index contributed by atoms with van der Waals surface area (Å²) in [4.78, 5) is 27.0. The van der Waals surface area contributed by atoms with Crippen LogP contribution in [0.2, 0.25) is 0 Å². The van der Waals surface area contributed by atoms with Crippen LogP contribution in [0.25, 0.3) is 0 Å². The van der Waals surface area contributed by atoms with Gasteiger partial charge in [0.1, 0.15) is 11.8 Å². The SMILES string of the molecule is CC1CCC2(CC1)OC[C@H](C(=O)NC(C)C)N2C(=O)C(C)C. The molecular weight excluding hydrogens is 280 g/mol. The molecule has 5 nitrogen and oxygen atoms in total. The minimum absolute atomic E-state index is 0.0240. The number of rotatable bonds is 3. The summed E-state index contributed by atoms with van der Waals surface area (Å²) in [7, 11) is 0. The molecule has 22 heavy (non-hydrogen) atoms. The number of amides is 2. The molecule has 2 rings (SSSR count). The fourth-order valence-corrected chi connectivity index (χ4v) is 3.47. The lowest BCUT2D eigenvalue weighted by atomic mass is 9.83. The lowest BCUT2D eigenvalue weighted by molar-refractivity contribution is -0.164. The van der Waals surface area contributed by atoms with Crippen LogP contribution in [0.15, 0.2) is 0 Å². The fourth-order valence-electron chi connectivity index (χ4n) is 3.47. The highest BCUT2D eigenvalue weighted by molar-refractivity contribution is 5.89. The van der Waals surface area contributed by atoms with E-state index in [1.165, 1.54) is 0 Å². The Hall–Kier alpha value is -1.10. The Morgan fingerprint density at radius 2 is 1.77 bits per heavy atom. The molecule has 1 aliphatic heterocycles. The molecule has 0 unspecified atom stereocenters. The van der Waals surface area contributed by atoms with Crippen molar-refractivity contribution in [2.45, 2.75) is 78.1 Å². The van der Waals surface area contributed by atoms with Crippen molar-refractivity contribution in [3.63, 3.8) is 0 Å². The quantitative estimate of drug-likeness (QED) is 0.870. The molecule has 0 bridgehead atoms. The molecule has 2 amide bonds. The van der Waals surface area contributed by atoms with Crippen LogP contribution in [0.1, 0.15) is 60.3 Å². The summed E-state index contributed by atoms with van der Waals surface area (Å²) in [6, 6.07) is -0.433. The second kappa shape index (κ2) is 6.57. The van der Waals surface area contributed by atoms with E-state index in [2.05, 4.69) is 12.2 Å². The van der Waals surface area contributed by atoms with Crippen LogP contribution in [0, 0.1) is 11.8 Å². The van der Waals surface area contributed by atoms with Gasteiger partial charge in [0.25, 0.3) is 0 Å². The van der Waals surface area contributed by atoms with E-state index in [1.807, 2.05) is 27.7 Å². The van der Waals surface area contributed by atoms with Crippen LogP contribution in [0.5, 0.6) is 0 Å². The molecule has 1 saturated heterocycles. The van der Waals surface area contributed by atoms with Crippen LogP contribution in [0.4, 0.5) is 0 Å². The monoisotopic (exact) mass is 310 g/mol. The number of nitrogens with zero attached hydrogens (tertiary/aromatic N) is 1. The van der Waals surface area contributed by atoms with Crippen molar-refractivity contribution in [2.24, 2.45) is 11.8 Å². The molecule has 1 atom stereocenters. The Labute approximate surface area is 133 Å². The number of carbonyl (C=O) groups is 2. The number of hydrogen-bond donors (Lipinski definition) is 1. The molecule has 0 aromatic heterocycles. The summed E-state index contributed by atoms with van der Waals surface area (Å²) in [6.45, 7) is 10.2. The minimum Gasteiger partial charge on any atom is -0.353 e. The van der Waals surface area contributed by atoms with Gasteiger partial charge in [0, 0.05) is 12.0 Å². The van der Waals surface area contributed by atoms with Crippen LogP contribution in [-0.4, -0.2) is 41.1 Å². The Bertz CT molecular complexity index is 426. The predicted octanol–water partition coefficient (Wildman–Crippen LogP) is 2.30. The van der Waals surface area contributed by atoms with Gasteiger partial charge in [0.2, 0.25) is 11.8 Å². The normalized spacial score (nSPS) is 32.0. The molecule has 0 radical (unpaired) electrons. The third-order valence-corrected chi connectivity index (χ3v) is 4.78. The first-order valence-corrected chi connectivity index (χ1v) is 8.54. The molecule has 1 aliphatic carbocycles. The zero-order valence-electron chi connectivity index (χ0n) is 14.5. The maximum Gasteiger partial charge on any atom is 0.245 e. The van der Waals surface area contributed by atoms with E-state index in [1.54, 1.807) is 4.90 Å². The molecule has 1 spiro atoms. The van der Waals surface area contributed by atoms with Crippen molar-refractivity contribution in [3.05, 3.63) is 0 Å². The number of carbonyl (C=O) groups excluding carboxylic acids is 2. The van der Waals surface area contributed by atoms with E-state index in [-0.39, 0.29) is 23.8 Å². The van der Waals surface area contributed by atoms with Crippen LogP contribution in [-0.2, 0) is 14.3 Å². The van der Waals surface area contributed by atoms with Gasteiger partial charge in [0.15, 0.2) is 0 Å². The average Bonchev–Trinajstić information content (AvgIpc) is 2.80. The highest BCUT2D eigenvalue weighted by Gasteiger charge is 2.53. The summed E-state index contributed by atoms with van der Waals surface area (Å²) >= 11 is 0. The zero-order chi connectivity index (χ0) is 16.5. The van der Waals surface area contributed by atoms with Gasteiger partial charge < -0.3 is 10.1 Å². The molecule has 1 N–H and O–H groups in total. The smallest absolute Gasteiger partial charge is 0.245 e. The van der Waals surface area contributed by atoms with Crippen LogP contribution in [0.3, 0.4) is 0 Å². The Morgan fingerprint density at radius 1 is 1.18 bits per heavy atom. The standard InChI is InChI=1S/C17H30N2O3/c1-11(2)16(21)19-14(15(20)18-12(3)4)10-22-17(19)8-6-13(5)7-9-17/h11-14H,6-10H2,1-5H3,(H,18,20)/t13?,14-,17?/m1/s1.